The minimum absolute atomic E-state index is 0.468. The maximum absolute atomic E-state index is 6.51. The molecule has 1 N–H and O–H groups in total. The van der Waals surface area contributed by atoms with E-state index in [2.05, 4.69) is 56.3 Å². The van der Waals surface area contributed by atoms with E-state index in [1.54, 1.807) is 0 Å². The molecule has 0 spiro atoms. The Morgan fingerprint density at radius 1 is 1.29 bits per heavy atom. The van der Waals surface area contributed by atoms with Gasteiger partial charge >= 0.3 is 0 Å². The summed E-state index contributed by atoms with van der Waals surface area (Å²) in [7, 11) is 0. The molecule has 0 amide bonds. The van der Waals surface area contributed by atoms with Gasteiger partial charge in [0.25, 0.3) is 0 Å². The average Bonchev–Trinajstić information content (AvgIpc) is 2.72. The van der Waals surface area contributed by atoms with E-state index in [0.717, 1.165) is 34.9 Å². The summed E-state index contributed by atoms with van der Waals surface area (Å²) in [4.78, 5) is 0. The summed E-state index contributed by atoms with van der Waals surface area (Å²) in [5, 5.41) is 8.77. The Hall–Kier alpha value is -1.32. The molecule has 21 heavy (non-hydrogen) atoms. The van der Waals surface area contributed by atoms with Crippen molar-refractivity contribution < 1.29 is 0 Å². The number of halogens is 1. The average molecular weight is 306 g/mol. The molecule has 0 atom stereocenters. The third kappa shape index (κ3) is 3.47. The van der Waals surface area contributed by atoms with Gasteiger partial charge in [0, 0.05) is 41.0 Å². The quantitative estimate of drug-likeness (QED) is 0.890. The molecule has 0 bridgehead atoms. The van der Waals surface area contributed by atoms with Crippen molar-refractivity contribution in [2.24, 2.45) is 0 Å². The molecule has 1 heterocycles. The molecule has 0 saturated heterocycles. The third-order valence-corrected chi connectivity index (χ3v) is 4.01. The molecule has 0 aliphatic carbocycles. The Morgan fingerprint density at radius 3 is 2.52 bits per heavy atom. The van der Waals surface area contributed by atoms with E-state index in [1.165, 1.54) is 11.3 Å². The zero-order chi connectivity index (χ0) is 15.6. The van der Waals surface area contributed by atoms with Crippen LogP contribution in [0.5, 0.6) is 0 Å². The molecule has 0 aliphatic heterocycles. The first-order valence-corrected chi connectivity index (χ1v) is 7.88. The van der Waals surface area contributed by atoms with E-state index in [9.17, 15) is 0 Å². The molecule has 3 nitrogen and oxygen atoms in total. The van der Waals surface area contributed by atoms with Crippen molar-refractivity contribution in [1.82, 2.24) is 15.1 Å². The number of aryl methyl sites for hydroxylation is 2. The minimum Gasteiger partial charge on any atom is -0.310 e. The smallest absolute Gasteiger partial charge is 0.0675 e. The highest BCUT2D eigenvalue weighted by Gasteiger charge is 2.15. The molecule has 1 aromatic carbocycles. The number of rotatable bonds is 5. The lowest BCUT2D eigenvalue weighted by Gasteiger charge is -2.11. The van der Waals surface area contributed by atoms with Gasteiger partial charge in [0.2, 0.25) is 0 Å². The molecule has 2 aromatic rings. The standard InChI is InChI=1S/C17H24ClN3/c1-6-21-13(5)17(12(4)20-21)15-8-7-14(9-16(15)18)10-19-11(2)3/h7-9,11,19H,6,10H2,1-5H3. The predicted molar refractivity (Wildman–Crippen MR) is 89.8 cm³/mol. The normalized spacial score (nSPS) is 11.4. The molecular formula is C17H24ClN3. The number of hydrogen-bond donors (Lipinski definition) is 1. The molecule has 0 fully saturated rings. The fourth-order valence-corrected chi connectivity index (χ4v) is 2.89. The fraction of sp³-hybridized carbons (Fsp3) is 0.471. The number of nitrogens with one attached hydrogen (secondary N) is 1. The summed E-state index contributed by atoms with van der Waals surface area (Å²) in [5.74, 6) is 0. The first kappa shape index (κ1) is 16.1. The molecule has 0 aliphatic rings. The second-order valence-corrected chi connectivity index (χ2v) is 6.12. The van der Waals surface area contributed by atoms with Crippen LogP contribution in [-0.4, -0.2) is 15.8 Å². The SMILES string of the molecule is CCn1nc(C)c(-c2ccc(CNC(C)C)cc2Cl)c1C. The van der Waals surface area contributed by atoms with Crippen molar-refractivity contribution in [3.63, 3.8) is 0 Å². The van der Waals surface area contributed by atoms with Crippen LogP contribution in [0.3, 0.4) is 0 Å². The summed E-state index contributed by atoms with van der Waals surface area (Å²) >= 11 is 6.51. The van der Waals surface area contributed by atoms with Crippen molar-refractivity contribution in [2.45, 2.75) is 53.8 Å². The van der Waals surface area contributed by atoms with Crippen LogP contribution in [0.2, 0.25) is 5.02 Å². The van der Waals surface area contributed by atoms with E-state index < -0.39 is 0 Å². The van der Waals surface area contributed by atoms with E-state index >= 15 is 0 Å². The summed E-state index contributed by atoms with van der Waals surface area (Å²) in [6, 6.07) is 6.76. The Balaban J connectivity index is 2.35. The van der Waals surface area contributed by atoms with E-state index in [0.29, 0.717) is 6.04 Å². The Morgan fingerprint density at radius 2 is 2.00 bits per heavy atom. The van der Waals surface area contributed by atoms with Crippen LogP contribution in [0.15, 0.2) is 18.2 Å². The van der Waals surface area contributed by atoms with E-state index in [4.69, 9.17) is 11.6 Å². The van der Waals surface area contributed by atoms with E-state index in [1.807, 2.05) is 11.6 Å². The highest BCUT2D eigenvalue weighted by Crippen LogP contribution is 2.33. The summed E-state index contributed by atoms with van der Waals surface area (Å²) in [6.45, 7) is 12.2. The number of hydrogen-bond acceptors (Lipinski definition) is 2. The summed E-state index contributed by atoms with van der Waals surface area (Å²) in [5.41, 5.74) is 5.63. The molecule has 1 aromatic heterocycles. The van der Waals surface area contributed by atoms with Crippen LogP contribution in [0.25, 0.3) is 11.1 Å². The molecular weight excluding hydrogens is 282 g/mol. The lowest BCUT2D eigenvalue weighted by atomic mass is 10.0. The van der Waals surface area contributed by atoms with Gasteiger partial charge in [-0.15, -0.1) is 0 Å². The minimum atomic E-state index is 0.468. The topological polar surface area (TPSA) is 29.9 Å². The van der Waals surface area contributed by atoms with Crippen LogP contribution in [0.4, 0.5) is 0 Å². The lowest BCUT2D eigenvalue weighted by molar-refractivity contribution is 0.589. The molecule has 0 unspecified atom stereocenters. The van der Waals surface area contributed by atoms with Gasteiger partial charge < -0.3 is 5.32 Å². The zero-order valence-electron chi connectivity index (χ0n) is 13.5. The second kappa shape index (κ2) is 6.63. The summed E-state index contributed by atoms with van der Waals surface area (Å²) < 4.78 is 2.02. The van der Waals surface area contributed by atoms with Gasteiger partial charge in [-0.05, 0) is 32.4 Å². The van der Waals surface area contributed by atoms with Crippen LogP contribution < -0.4 is 5.32 Å². The number of nitrogens with zero attached hydrogens (tertiary/aromatic N) is 2. The maximum atomic E-state index is 6.51. The van der Waals surface area contributed by atoms with Gasteiger partial charge in [-0.2, -0.15) is 5.10 Å². The lowest BCUT2D eigenvalue weighted by Crippen LogP contribution is -2.21. The first-order chi connectivity index (χ1) is 9.93. The Bertz CT molecular complexity index is 629. The van der Waals surface area contributed by atoms with Gasteiger partial charge in [0.15, 0.2) is 0 Å². The maximum Gasteiger partial charge on any atom is 0.0675 e. The van der Waals surface area contributed by atoms with Gasteiger partial charge in [-0.1, -0.05) is 37.6 Å². The Labute approximate surface area is 132 Å². The van der Waals surface area contributed by atoms with E-state index in [-0.39, 0.29) is 0 Å². The van der Waals surface area contributed by atoms with Gasteiger partial charge in [-0.3, -0.25) is 4.68 Å². The number of aromatic nitrogens is 2. The van der Waals surface area contributed by atoms with Crippen molar-refractivity contribution in [2.75, 3.05) is 0 Å². The van der Waals surface area contributed by atoms with Gasteiger partial charge in [0.05, 0.1) is 5.69 Å². The number of benzene rings is 1. The van der Waals surface area contributed by atoms with Crippen LogP contribution in [0.1, 0.15) is 37.7 Å². The van der Waals surface area contributed by atoms with Crippen LogP contribution in [-0.2, 0) is 13.1 Å². The molecule has 0 radical (unpaired) electrons. The zero-order valence-corrected chi connectivity index (χ0v) is 14.3. The largest absolute Gasteiger partial charge is 0.310 e. The summed E-state index contributed by atoms with van der Waals surface area (Å²) in [6.07, 6.45) is 0. The van der Waals surface area contributed by atoms with Crippen molar-refractivity contribution in [3.05, 3.63) is 40.2 Å². The van der Waals surface area contributed by atoms with Crippen LogP contribution >= 0.6 is 11.6 Å². The highest BCUT2D eigenvalue weighted by molar-refractivity contribution is 6.33. The predicted octanol–water partition coefficient (Wildman–Crippen LogP) is 4.34. The first-order valence-electron chi connectivity index (χ1n) is 7.50. The second-order valence-electron chi connectivity index (χ2n) is 5.71. The fourth-order valence-electron chi connectivity index (χ4n) is 2.59. The van der Waals surface area contributed by atoms with Gasteiger partial charge in [0.1, 0.15) is 0 Å². The third-order valence-electron chi connectivity index (χ3n) is 3.70. The van der Waals surface area contributed by atoms with Crippen molar-refractivity contribution >= 4 is 11.6 Å². The monoisotopic (exact) mass is 305 g/mol. The molecule has 4 heteroatoms. The van der Waals surface area contributed by atoms with Crippen molar-refractivity contribution in [1.29, 1.82) is 0 Å². The van der Waals surface area contributed by atoms with Crippen molar-refractivity contribution in [3.8, 4) is 11.1 Å². The van der Waals surface area contributed by atoms with Gasteiger partial charge in [-0.25, -0.2) is 0 Å². The highest BCUT2D eigenvalue weighted by atomic mass is 35.5. The van der Waals surface area contributed by atoms with Crippen LogP contribution in [0, 0.1) is 13.8 Å². The molecule has 2 rings (SSSR count). The Kier molecular flexibility index (Phi) is 5.07. The molecule has 0 saturated carbocycles. The molecule has 114 valence electrons.